The van der Waals surface area contributed by atoms with E-state index < -0.39 is 0 Å². The zero-order valence-electron chi connectivity index (χ0n) is 12.4. The lowest BCUT2D eigenvalue weighted by molar-refractivity contribution is 0.0600. The van der Waals surface area contributed by atoms with Gasteiger partial charge in [0.05, 0.1) is 31.4 Å². The summed E-state index contributed by atoms with van der Waals surface area (Å²) in [5.74, 6) is 0.356. The van der Waals surface area contributed by atoms with Crippen molar-refractivity contribution in [2.75, 3.05) is 14.2 Å². The van der Waals surface area contributed by atoms with Gasteiger partial charge in [0.1, 0.15) is 5.75 Å². The summed E-state index contributed by atoms with van der Waals surface area (Å²) in [7, 11) is 2.94. The maximum absolute atomic E-state index is 11.4. The standard InChI is InChI=1S/C18H15NO3/c1-21-17-9-7-14(8-10-17)16(12-19)11-13-3-5-15(6-4-13)18(20)22-2/h3-11H,1-2H3. The number of methoxy groups -OCH3 is 2. The fourth-order valence-corrected chi connectivity index (χ4v) is 1.95. The van der Waals surface area contributed by atoms with Crippen LogP contribution >= 0.6 is 0 Å². The minimum absolute atomic E-state index is 0.383. The number of hydrogen-bond donors (Lipinski definition) is 0. The Morgan fingerprint density at radius 2 is 1.59 bits per heavy atom. The number of hydrogen-bond acceptors (Lipinski definition) is 4. The van der Waals surface area contributed by atoms with Crippen molar-refractivity contribution in [1.29, 1.82) is 5.26 Å². The van der Waals surface area contributed by atoms with Crippen LogP contribution in [0.3, 0.4) is 0 Å². The molecule has 4 heteroatoms. The van der Waals surface area contributed by atoms with Crippen molar-refractivity contribution in [3.63, 3.8) is 0 Å². The smallest absolute Gasteiger partial charge is 0.337 e. The number of esters is 1. The number of nitriles is 1. The molecule has 2 aromatic carbocycles. The molecular formula is C18H15NO3. The molecule has 0 aromatic heterocycles. The Labute approximate surface area is 129 Å². The second-order valence-corrected chi connectivity index (χ2v) is 4.51. The molecule has 2 aromatic rings. The van der Waals surface area contributed by atoms with E-state index in [1.165, 1.54) is 7.11 Å². The lowest BCUT2D eigenvalue weighted by Gasteiger charge is -2.03. The summed E-state index contributed by atoms with van der Waals surface area (Å²) in [6.07, 6.45) is 1.77. The van der Waals surface area contributed by atoms with Crippen molar-refractivity contribution in [2.45, 2.75) is 0 Å². The van der Waals surface area contributed by atoms with E-state index in [0.29, 0.717) is 11.1 Å². The molecule has 0 aliphatic carbocycles. The summed E-state index contributed by atoms with van der Waals surface area (Å²) in [6.45, 7) is 0. The molecule has 0 atom stereocenters. The summed E-state index contributed by atoms with van der Waals surface area (Å²) in [6, 6.07) is 16.3. The van der Waals surface area contributed by atoms with Gasteiger partial charge in [-0.05, 0) is 53.6 Å². The van der Waals surface area contributed by atoms with Gasteiger partial charge in [-0.2, -0.15) is 5.26 Å². The van der Waals surface area contributed by atoms with Crippen LogP contribution in [0, 0.1) is 11.3 Å². The first-order valence-corrected chi connectivity index (χ1v) is 6.62. The van der Waals surface area contributed by atoms with E-state index >= 15 is 0 Å². The van der Waals surface area contributed by atoms with Gasteiger partial charge in [-0.15, -0.1) is 0 Å². The molecule has 0 saturated heterocycles. The Morgan fingerprint density at radius 1 is 1.00 bits per heavy atom. The van der Waals surface area contributed by atoms with Crippen molar-refractivity contribution in [2.24, 2.45) is 0 Å². The number of nitrogens with zero attached hydrogens (tertiary/aromatic N) is 1. The maximum Gasteiger partial charge on any atom is 0.337 e. The zero-order chi connectivity index (χ0) is 15.9. The third kappa shape index (κ3) is 3.53. The minimum atomic E-state index is -0.383. The van der Waals surface area contributed by atoms with Crippen LogP contribution in [0.5, 0.6) is 5.75 Å². The maximum atomic E-state index is 11.4. The summed E-state index contributed by atoms with van der Waals surface area (Å²) >= 11 is 0. The van der Waals surface area contributed by atoms with E-state index in [2.05, 4.69) is 10.8 Å². The first-order valence-electron chi connectivity index (χ1n) is 6.62. The van der Waals surface area contributed by atoms with Gasteiger partial charge < -0.3 is 9.47 Å². The zero-order valence-corrected chi connectivity index (χ0v) is 12.4. The highest BCUT2D eigenvalue weighted by atomic mass is 16.5. The Kier molecular flexibility index (Phi) is 4.94. The molecule has 0 spiro atoms. The average Bonchev–Trinajstić information content (AvgIpc) is 2.59. The van der Waals surface area contributed by atoms with E-state index in [4.69, 9.17) is 4.74 Å². The molecule has 0 aliphatic heterocycles. The second kappa shape index (κ2) is 7.09. The molecule has 0 saturated carbocycles. The number of rotatable bonds is 4. The third-order valence-electron chi connectivity index (χ3n) is 3.16. The van der Waals surface area contributed by atoms with Crippen molar-refractivity contribution in [3.05, 3.63) is 65.2 Å². The molecular weight excluding hydrogens is 278 g/mol. The van der Waals surface area contributed by atoms with Gasteiger partial charge in [0.2, 0.25) is 0 Å². The molecule has 0 fully saturated rings. The monoisotopic (exact) mass is 293 g/mol. The lowest BCUT2D eigenvalue weighted by atomic mass is 10.0. The Morgan fingerprint density at radius 3 is 2.09 bits per heavy atom. The molecule has 2 rings (SSSR count). The molecule has 0 unspecified atom stereocenters. The van der Waals surface area contributed by atoms with Crippen LogP contribution in [-0.4, -0.2) is 20.2 Å². The highest BCUT2D eigenvalue weighted by molar-refractivity contribution is 5.92. The Balaban J connectivity index is 2.28. The minimum Gasteiger partial charge on any atom is -0.497 e. The summed E-state index contributed by atoms with van der Waals surface area (Å²) in [5, 5.41) is 9.32. The molecule has 0 radical (unpaired) electrons. The van der Waals surface area contributed by atoms with Crippen molar-refractivity contribution in [1.82, 2.24) is 0 Å². The molecule has 0 bridgehead atoms. The predicted octanol–water partition coefficient (Wildman–Crippen LogP) is 3.55. The molecule has 0 aliphatic rings. The van der Waals surface area contributed by atoms with Crippen molar-refractivity contribution >= 4 is 17.6 Å². The first-order chi connectivity index (χ1) is 10.7. The largest absolute Gasteiger partial charge is 0.497 e. The van der Waals surface area contributed by atoms with E-state index in [1.807, 2.05) is 12.1 Å². The summed E-state index contributed by atoms with van der Waals surface area (Å²) in [5.41, 5.74) is 2.65. The van der Waals surface area contributed by atoms with E-state index in [1.54, 1.807) is 49.6 Å². The molecule has 22 heavy (non-hydrogen) atoms. The van der Waals surface area contributed by atoms with Crippen LogP contribution in [0.25, 0.3) is 11.6 Å². The van der Waals surface area contributed by atoms with Gasteiger partial charge in [-0.3, -0.25) is 0 Å². The first kappa shape index (κ1) is 15.3. The highest BCUT2D eigenvalue weighted by Crippen LogP contribution is 2.21. The van der Waals surface area contributed by atoms with Gasteiger partial charge >= 0.3 is 5.97 Å². The second-order valence-electron chi connectivity index (χ2n) is 4.51. The number of ether oxygens (including phenoxy) is 2. The third-order valence-corrected chi connectivity index (χ3v) is 3.16. The van der Waals surface area contributed by atoms with E-state index in [0.717, 1.165) is 16.9 Å². The van der Waals surface area contributed by atoms with Crippen LogP contribution in [0.4, 0.5) is 0 Å². The predicted molar refractivity (Wildman–Crippen MR) is 84.3 cm³/mol. The summed E-state index contributed by atoms with van der Waals surface area (Å²) < 4.78 is 9.75. The SMILES string of the molecule is COC(=O)c1ccc(C=C(C#N)c2ccc(OC)cc2)cc1. The van der Waals surface area contributed by atoms with Gasteiger partial charge in [0, 0.05) is 0 Å². The Hall–Kier alpha value is -3.06. The molecule has 110 valence electrons. The highest BCUT2D eigenvalue weighted by Gasteiger charge is 2.05. The van der Waals surface area contributed by atoms with Crippen molar-refractivity contribution in [3.8, 4) is 11.8 Å². The van der Waals surface area contributed by atoms with Crippen LogP contribution in [0.2, 0.25) is 0 Å². The number of allylic oxidation sites excluding steroid dienone is 1. The van der Waals surface area contributed by atoms with Crippen LogP contribution in [0.1, 0.15) is 21.5 Å². The van der Waals surface area contributed by atoms with Crippen molar-refractivity contribution < 1.29 is 14.3 Å². The van der Waals surface area contributed by atoms with Gasteiger partial charge in [0.15, 0.2) is 0 Å². The molecule has 0 N–H and O–H groups in total. The molecule has 0 amide bonds. The number of benzene rings is 2. The fraction of sp³-hybridized carbons (Fsp3) is 0.111. The summed E-state index contributed by atoms with van der Waals surface area (Å²) in [4.78, 5) is 11.4. The van der Waals surface area contributed by atoms with E-state index in [-0.39, 0.29) is 5.97 Å². The average molecular weight is 293 g/mol. The number of carbonyl (C=O) groups excluding carboxylic acids is 1. The topological polar surface area (TPSA) is 59.3 Å². The quantitative estimate of drug-likeness (QED) is 0.491. The number of carbonyl (C=O) groups is 1. The Bertz CT molecular complexity index is 722. The van der Waals surface area contributed by atoms with Crippen LogP contribution in [0.15, 0.2) is 48.5 Å². The lowest BCUT2D eigenvalue weighted by Crippen LogP contribution is -2.00. The van der Waals surface area contributed by atoms with Crippen LogP contribution < -0.4 is 4.74 Å². The molecule has 0 heterocycles. The molecule has 4 nitrogen and oxygen atoms in total. The van der Waals surface area contributed by atoms with Gasteiger partial charge in [0.25, 0.3) is 0 Å². The fourth-order valence-electron chi connectivity index (χ4n) is 1.95. The van der Waals surface area contributed by atoms with Gasteiger partial charge in [-0.1, -0.05) is 12.1 Å². The van der Waals surface area contributed by atoms with Crippen LogP contribution in [-0.2, 0) is 4.74 Å². The normalized spacial score (nSPS) is 10.7. The van der Waals surface area contributed by atoms with E-state index in [9.17, 15) is 10.1 Å². The van der Waals surface area contributed by atoms with Gasteiger partial charge in [-0.25, -0.2) is 4.79 Å².